The Morgan fingerprint density at radius 3 is 3.11 bits per heavy atom. The quantitative estimate of drug-likeness (QED) is 0.570. The lowest BCUT2D eigenvalue weighted by Crippen LogP contribution is -1.80. The second-order valence-corrected chi connectivity index (χ2v) is 1.78. The summed E-state index contributed by atoms with van der Waals surface area (Å²) in [5.74, 6) is 0.877. The maximum absolute atomic E-state index is 9.86. The average molecular weight is 124 g/mol. The number of hydrogen-bond acceptors (Lipinski definition) is 2. The molecule has 0 amide bonds. The van der Waals surface area contributed by atoms with Crippen molar-refractivity contribution < 1.29 is 9.21 Å². The lowest BCUT2D eigenvalue weighted by molar-refractivity contribution is -0.107. The molecule has 0 saturated carbocycles. The summed E-state index contributed by atoms with van der Waals surface area (Å²) in [6, 6.07) is 3.68. The fourth-order valence-electron chi connectivity index (χ4n) is 0.656. The SMILES string of the molecule is O=CCCc1ccco1. The average Bonchev–Trinajstić information content (AvgIpc) is 2.34. The molecule has 0 aliphatic rings. The van der Waals surface area contributed by atoms with Gasteiger partial charge in [-0.25, -0.2) is 0 Å². The highest BCUT2D eigenvalue weighted by atomic mass is 16.3. The Morgan fingerprint density at radius 1 is 1.67 bits per heavy atom. The van der Waals surface area contributed by atoms with Crippen LogP contribution >= 0.6 is 0 Å². The summed E-state index contributed by atoms with van der Waals surface area (Å²) in [7, 11) is 0. The van der Waals surface area contributed by atoms with Crippen molar-refractivity contribution in [3.8, 4) is 0 Å². The van der Waals surface area contributed by atoms with Crippen molar-refractivity contribution in [1.29, 1.82) is 0 Å². The second-order valence-electron chi connectivity index (χ2n) is 1.78. The normalized spacial score (nSPS) is 9.33. The number of carbonyl (C=O) groups excluding carboxylic acids is 1. The Bertz CT molecular complexity index is 165. The highest BCUT2D eigenvalue weighted by Gasteiger charge is 1.91. The molecule has 0 saturated heterocycles. The van der Waals surface area contributed by atoms with E-state index in [0.717, 1.165) is 18.5 Å². The van der Waals surface area contributed by atoms with E-state index < -0.39 is 0 Å². The second kappa shape index (κ2) is 3.07. The molecule has 1 aromatic rings. The molecule has 48 valence electrons. The van der Waals surface area contributed by atoms with Gasteiger partial charge in [0.15, 0.2) is 0 Å². The van der Waals surface area contributed by atoms with E-state index in [1.54, 1.807) is 6.26 Å². The van der Waals surface area contributed by atoms with Gasteiger partial charge in [-0.05, 0) is 12.1 Å². The van der Waals surface area contributed by atoms with Gasteiger partial charge >= 0.3 is 0 Å². The molecular weight excluding hydrogens is 116 g/mol. The monoisotopic (exact) mass is 124 g/mol. The topological polar surface area (TPSA) is 30.2 Å². The van der Waals surface area contributed by atoms with Crippen molar-refractivity contribution in [1.82, 2.24) is 0 Å². The minimum atomic E-state index is 0.549. The van der Waals surface area contributed by atoms with Gasteiger partial charge in [0, 0.05) is 12.8 Å². The maximum atomic E-state index is 9.86. The standard InChI is InChI=1S/C7H8O2/c8-5-1-3-7-4-2-6-9-7/h2,4-6H,1,3H2. The molecule has 0 unspecified atom stereocenters. The first-order valence-corrected chi connectivity index (χ1v) is 2.89. The minimum Gasteiger partial charge on any atom is -0.469 e. The third-order valence-corrected chi connectivity index (χ3v) is 1.09. The summed E-state index contributed by atoms with van der Waals surface area (Å²) in [6.45, 7) is 0. The molecular formula is C7H8O2. The van der Waals surface area contributed by atoms with E-state index in [0.29, 0.717) is 6.42 Å². The van der Waals surface area contributed by atoms with Crippen LogP contribution in [0.5, 0.6) is 0 Å². The molecule has 0 spiro atoms. The molecule has 0 aromatic carbocycles. The molecule has 0 radical (unpaired) electrons. The summed E-state index contributed by atoms with van der Waals surface area (Å²) >= 11 is 0. The van der Waals surface area contributed by atoms with Crippen LogP contribution in [0, 0.1) is 0 Å². The molecule has 0 atom stereocenters. The zero-order valence-corrected chi connectivity index (χ0v) is 5.04. The van der Waals surface area contributed by atoms with E-state index in [1.165, 1.54) is 0 Å². The van der Waals surface area contributed by atoms with E-state index >= 15 is 0 Å². The molecule has 1 aromatic heterocycles. The molecule has 0 aliphatic heterocycles. The van der Waals surface area contributed by atoms with Crippen molar-refractivity contribution in [2.24, 2.45) is 0 Å². The Balaban J connectivity index is 2.38. The van der Waals surface area contributed by atoms with E-state index in [-0.39, 0.29) is 0 Å². The van der Waals surface area contributed by atoms with Crippen LogP contribution in [0.2, 0.25) is 0 Å². The zero-order valence-electron chi connectivity index (χ0n) is 5.04. The van der Waals surface area contributed by atoms with Gasteiger partial charge in [0.1, 0.15) is 12.0 Å². The van der Waals surface area contributed by atoms with E-state index in [2.05, 4.69) is 0 Å². The van der Waals surface area contributed by atoms with Crippen molar-refractivity contribution in [3.05, 3.63) is 24.2 Å². The van der Waals surface area contributed by atoms with Gasteiger partial charge in [-0.2, -0.15) is 0 Å². The first kappa shape index (κ1) is 6.08. The van der Waals surface area contributed by atoms with Crippen LogP contribution in [0.4, 0.5) is 0 Å². The number of furan rings is 1. The number of aryl methyl sites for hydroxylation is 1. The molecule has 2 nitrogen and oxygen atoms in total. The maximum Gasteiger partial charge on any atom is 0.120 e. The fourth-order valence-corrected chi connectivity index (χ4v) is 0.656. The van der Waals surface area contributed by atoms with Crippen LogP contribution in [-0.2, 0) is 11.2 Å². The summed E-state index contributed by atoms with van der Waals surface area (Å²) in [4.78, 5) is 9.86. The van der Waals surface area contributed by atoms with Crippen LogP contribution in [0.25, 0.3) is 0 Å². The Kier molecular flexibility index (Phi) is 2.07. The third-order valence-electron chi connectivity index (χ3n) is 1.09. The molecule has 1 heterocycles. The number of hydrogen-bond donors (Lipinski definition) is 0. The first-order valence-electron chi connectivity index (χ1n) is 2.89. The Labute approximate surface area is 53.5 Å². The van der Waals surface area contributed by atoms with E-state index in [4.69, 9.17) is 4.42 Å². The van der Waals surface area contributed by atoms with Gasteiger partial charge in [-0.15, -0.1) is 0 Å². The fraction of sp³-hybridized carbons (Fsp3) is 0.286. The van der Waals surface area contributed by atoms with Crippen LogP contribution < -0.4 is 0 Å². The van der Waals surface area contributed by atoms with Crippen molar-refractivity contribution in [2.45, 2.75) is 12.8 Å². The van der Waals surface area contributed by atoms with E-state index in [9.17, 15) is 4.79 Å². The van der Waals surface area contributed by atoms with Crippen molar-refractivity contribution in [3.63, 3.8) is 0 Å². The lowest BCUT2D eigenvalue weighted by Gasteiger charge is -1.85. The Hall–Kier alpha value is -1.05. The molecule has 2 heteroatoms. The number of rotatable bonds is 3. The van der Waals surface area contributed by atoms with Gasteiger partial charge in [0.2, 0.25) is 0 Å². The molecule has 1 rings (SSSR count). The lowest BCUT2D eigenvalue weighted by atomic mass is 10.3. The summed E-state index contributed by atoms with van der Waals surface area (Å²) in [5, 5.41) is 0. The summed E-state index contributed by atoms with van der Waals surface area (Å²) in [5.41, 5.74) is 0. The molecule has 9 heavy (non-hydrogen) atoms. The smallest absolute Gasteiger partial charge is 0.120 e. The summed E-state index contributed by atoms with van der Waals surface area (Å²) < 4.78 is 4.98. The largest absolute Gasteiger partial charge is 0.469 e. The predicted molar refractivity (Wildman–Crippen MR) is 33.1 cm³/mol. The molecule has 0 N–H and O–H groups in total. The molecule has 0 bridgehead atoms. The van der Waals surface area contributed by atoms with E-state index in [1.807, 2.05) is 12.1 Å². The molecule has 0 fully saturated rings. The van der Waals surface area contributed by atoms with Gasteiger partial charge in [-0.3, -0.25) is 0 Å². The van der Waals surface area contributed by atoms with Crippen LogP contribution in [-0.4, -0.2) is 6.29 Å². The number of aldehydes is 1. The highest BCUT2D eigenvalue weighted by molar-refractivity contribution is 5.49. The Morgan fingerprint density at radius 2 is 2.56 bits per heavy atom. The van der Waals surface area contributed by atoms with Crippen molar-refractivity contribution in [2.75, 3.05) is 0 Å². The predicted octanol–water partition coefficient (Wildman–Crippen LogP) is 1.41. The molecule has 0 aliphatic carbocycles. The van der Waals surface area contributed by atoms with Gasteiger partial charge < -0.3 is 9.21 Å². The number of carbonyl (C=O) groups is 1. The van der Waals surface area contributed by atoms with Gasteiger partial charge in [0.25, 0.3) is 0 Å². The zero-order chi connectivity index (χ0) is 6.53. The van der Waals surface area contributed by atoms with Gasteiger partial charge in [-0.1, -0.05) is 0 Å². The van der Waals surface area contributed by atoms with Gasteiger partial charge in [0.05, 0.1) is 6.26 Å². The van der Waals surface area contributed by atoms with Crippen molar-refractivity contribution >= 4 is 6.29 Å². The van der Waals surface area contributed by atoms with Crippen LogP contribution in [0.1, 0.15) is 12.2 Å². The highest BCUT2D eigenvalue weighted by Crippen LogP contribution is 2.01. The summed E-state index contributed by atoms with van der Waals surface area (Å²) in [6.07, 6.45) is 3.77. The first-order chi connectivity index (χ1) is 4.43. The van der Waals surface area contributed by atoms with Crippen LogP contribution in [0.15, 0.2) is 22.8 Å². The minimum absolute atomic E-state index is 0.549. The third kappa shape index (κ3) is 1.72. The van der Waals surface area contributed by atoms with Crippen LogP contribution in [0.3, 0.4) is 0 Å².